The zero-order valence-corrected chi connectivity index (χ0v) is 15.0. The van der Waals surface area contributed by atoms with Gasteiger partial charge < -0.3 is 0 Å². The van der Waals surface area contributed by atoms with Gasteiger partial charge in [-0.25, -0.2) is 0 Å². The van der Waals surface area contributed by atoms with Crippen molar-refractivity contribution in [3.63, 3.8) is 0 Å². The summed E-state index contributed by atoms with van der Waals surface area (Å²) in [6.45, 7) is 0. The number of fused-ring (bicyclic) bond motifs is 3. The van der Waals surface area contributed by atoms with Gasteiger partial charge in [0, 0.05) is 0 Å². The van der Waals surface area contributed by atoms with Crippen molar-refractivity contribution in [3.05, 3.63) is 85.2 Å². The maximum atomic E-state index is 12.9. The summed E-state index contributed by atoms with van der Waals surface area (Å²) in [5.74, 6) is 0. The fraction of sp³-hybridized carbons (Fsp3) is 0. The Bertz CT molecular complexity index is 1120. The van der Waals surface area contributed by atoms with Crippen molar-refractivity contribution in [2.24, 2.45) is 0 Å². The molecule has 1 aliphatic rings. The van der Waals surface area contributed by atoms with E-state index in [1.54, 1.807) is 0 Å². The molecule has 25 heavy (non-hydrogen) atoms. The van der Waals surface area contributed by atoms with E-state index in [0.717, 1.165) is 36.9 Å². The van der Waals surface area contributed by atoms with Crippen molar-refractivity contribution in [2.75, 3.05) is 0 Å². The summed E-state index contributed by atoms with van der Waals surface area (Å²) in [6.07, 6.45) is 3.87. The van der Waals surface area contributed by atoms with E-state index in [9.17, 15) is 3.83 Å². The third kappa shape index (κ3) is 2.30. The van der Waals surface area contributed by atoms with Crippen LogP contribution in [0.5, 0.6) is 0 Å². The maximum absolute atomic E-state index is 12.9. The molecule has 1 aliphatic heterocycles. The van der Waals surface area contributed by atoms with Crippen molar-refractivity contribution in [2.45, 2.75) is 0 Å². The third-order valence-electron chi connectivity index (χ3n) is 4.49. The molecule has 0 bridgehead atoms. The minimum atomic E-state index is -2.17. The first kappa shape index (κ1) is 14.5. The van der Waals surface area contributed by atoms with E-state index in [4.69, 9.17) is 0 Å². The summed E-state index contributed by atoms with van der Waals surface area (Å²) >= 11 is -2.17. The Balaban J connectivity index is 1.58. The predicted molar refractivity (Wildman–Crippen MR) is 100 cm³/mol. The third-order valence-corrected chi connectivity index (χ3v) is 7.63. The fourth-order valence-corrected chi connectivity index (χ4v) is 6.24. The quantitative estimate of drug-likeness (QED) is 0.435. The van der Waals surface area contributed by atoms with Crippen LogP contribution in [0.1, 0.15) is 0 Å². The van der Waals surface area contributed by atoms with E-state index in [-0.39, 0.29) is 0 Å². The Kier molecular flexibility index (Phi) is 3.27. The molecule has 0 N–H and O–H groups in total. The van der Waals surface area contributed by atoms with Gasteiger partial charge >= 0.3 is 150 Å². The molecule has 4 aromatic rings. The molecule has 0 aliphatic carbocycles. The molecule has 1 aromatic heterocycles. The number of hydrogen-bond acceptors (Lipinski definition) is 2. The summed E-state index contributed by atoms with van der Waals surface area (Å²) in [5, 5.41) is 4.46. The topological polar surface area (TPSA) is 34.9 Å². The standard InChI is InChI=1S/C21H14N2OSe/c24-25-20-9-5-4-8-18(20)19-11-10-15(12-21(19)25)16-13-22-23(14-16)17-6-2-1-3-7-17/h1-14H. The van der Waals surface area contributed by atoms with E-state index in [1.807, 2.05) is 65.6 Å². The van der Waals surface area contributed by atoms with Crippen LogP contribution >= 0.6 is 0 Å². The first-order chi connectivity index (χ1) is 12.3. The molecule has 0 amide bonds. The Morgan fingerprint density at radius 1 is 0.760 bits per heavy atom. The summed E-state index contributed by atoms with van der Waals surface area (Å²) in [4.78, 5) is 0. The molecule has 1 unspecified atom stereocenters. The van der Waals surface area contributed by atoms with Crippen molar-refractivity contribution < 1.29 is 3.83 Å². The summed E-state index contributed by atoms with van der Waals surface area (Å²) in [6, 6.07) is 24.3. The van der Waals surface area contributed by atoms with Gasteiger partial charge in [-0.15, -0.1) is 0 Å². The van der Waals surface area contributed by atoms with Gasteiger partial charge in [0.15, 0.2) is 0 Å². The van der Waals surface area contributed by atoms with E-state index in [2.05, 4.69) is 29.4 Å². The predicted octanol–water partition coefficient (Wildman–Crippen LogP) is 3.06. The first-order valence-corrected chi connectivity index (χ1v) is 10.5. The van der Waals surface area contributed by atoms with Gasteiger partial charge in [0.05, 0.1) is 0 Å². The number of hydrogen-bond donors (Lipinski definition) is 0. The van der Waals surface area contributed by atoms with Crippen LogP contribution in [-0.4, -0.2) is 23.6 Å². The summed E-state index contributed by atoms with van der Waals surface area (Å²) in [5.41, 5.74) is 5.33. The molecular formula is C21H14N2OSe. The average Bonchev–Trinajstić information content (AvgIpc) is 3.27. The Hall–Kier alpha value is -2.81. The molecule has 0 saturated heterocycles. The number of rotatable bonds is 2. The molecule has 4 heteroatoms. The van der Waals surface area contributed by atoms with Gasteiger partial charge in [-0.3, -0.25) is 0 Å². The molecule has 3 aromatic carbocycles. The second-order valence-corrected chi connectivity index (χ2v) is 8.96. The van der Waals surface area contributed by atoms with Crippen LogP contribution in [-0.2, 0) is 3.83 Å². The zero-order chi connectivity index (χ0) is 16.8. The number of benzene rings is 3. The van der Waals surface area contributed by atoms with Crippen LogP contribution in [0.15, 0.2) is 85.2 Å². The minimum absolute atomic E-state index is 0.978. The van der Waals surface area contributed by atoms with Crippen molar-refractivity contribution in [1.29, 1.82) is 0 Å². The molecule has 1 atom stereocenters. The van der Waals surface area contributed by atoms with Gasteiger partial charge in [0.25, 0.3) is 0 Å². The second-order valence-electron chi connectivity index (χ2n) is 5.98. The van der Waals surface area contributed by atoms with E-state index >= 15 is 0 Å². The van der Waals surface area contributed by atoms with Crippen LogP contribution in [0.4, 0.5) is 0 Å². The van der Waals surface area contributed by atoms with Crippen LogP contribution in [0, 0.1) is 0 Å². The molecule has 3 nitrogen and oxygen atoms in total. The van der Waals surface area contributed by atoms with Crippen LogP contribution < -0.4 is 8.92 Å². The van der Waals surface area contributed by atoms with E-state index in [0.29, 0.717) is 0 Å². The first-order valence-electron chi connectivity index (χ1n) is 8.07. The van der Waals surface area contributed by atoms with Crippen molar-refractivity contribution >= 4 is 22.8 Å². The Labute approximate surface area is 149 Å². The van der Waals surface area contributed by atoms with Gasteiger partial charge in [-0.1, -0.05) is 0 Å². The van der Waals surface area contributed by atoms with Crippen LogP contribution in [0.25, 0.3) is 27.9 Å². The normalized spacial score (nSPS) is 15.0. The number of nitrogens with zero attached hydrogens (tertiary/aromatic N) is 2. The zero-order valence-electron chi connectivity index (χ0n) is 13.3. The van der Waals surface area contributed by atoms with Crippen molar-refractivity contribution in [3.8, 4) is 27.9 Å². The van der Waals surface area contributed by atoms with Gasteiger partial charge in [-0.05, 0) is 0 Å². The molecule has 0 fully saturated rings. The SMILES string of the molecule is O=[Se]1c2ccccc2-c2ccc(-c3cnn(-c4ccccc4)c3)cc21. The molecule has 0 spiro atoms. The van der Waals surface area contributed by atoms with E-state index < -0.39 is 13.8 Å². The summed E-state index contributed by atoms with van der Waals surface area (Å²) < 4.78 is 16.7. The number of aromatic nitrogens is 2. The van der Waals surface area contributed by atoms with Gasteiger partial charge in [0.2, 0.25) is 0 Å². The molecule has 120 valence electrons. The molecular weight excluding hydrogens is 375 g/mol. The summed E-state index contributed by atoms with van der Waals surface area (Å²) in [7, 11) is 0. The van der Waals surface area contributed by atoms with E-state index in [1.165, 1.54) is 0 Å². The molecule has 5 rings (SSSR count). The van der Waals surface area contributed by atoms with Gasteiger partial charge in [0.1, 0.15) is 0 Å². The van der Waals surface area contributed by atoms with Crippen LogP contribution in [0.2, 0.25) is 0 Å². The van der Waals surface area contributed by atoms with Gasteiger partial charge in [-0.2, -0.15) is 0 Å². The Morgan fingerprint density at radius 3 is 2.40 bits per heavy atom. The monoisotopic (exact) mass is 390 g/mol. The Morgan fingerprint density at radius 2 is 1.52 bits per heavy atom. The second kappa shape index (κ2) is 5.62. The molecule has 2 heterocycles. The average molecular weight is 389 g/mol. The number of para-hydroxylation sites is 1. The van der Waals surface area contributed by atoms with Crippen molar-refractivity contribution in [1.82, 2.24) is 9.78 Å². The van der Waals surface area contributed by atoms with Crippen LogP contribution in [0.3, 0.4) is 0 Å². The molecule has 0 saturated carbocycles. The fourth-order valence-electron chi connectivity index (χ4n) is 3.24. The molecule has 0 radical (unpaired) electrons.